The van der Waals surface area contributed by atoms with Crippen LogP contribution in [-0.4, -0.2) is 55.7 Å². The van der Waals surface area contributed by atoms with Crippen LogP contribution >= 0.6 is 0 Å². The van der Waals surface area contributed by atoms with E-state index >= 15 is 0 Å². The van der Waals surface area contributed by atoms with Crippen LogP contribution in [0.15, 0.2) is 42.5 Å². The van der Waals surface area contributed by atoms with Crippen molar-refractivity contribution in [2.24, 2.45) is 0 Å². The Kier molecular flexibility index (Phi) is 7.05. The van der Waals surface area contributed by atoms with Gasteiger partial charge in [0.25, 0.3) is 0 Å². The summed E-state index contributed by atoms with van der Waals surface area (Å²) in [6.45, 7) is 7.22. The van der Waals surface area contributed by atoms with Crippen LogP contribution in [0.3, 0.4) is 0 Å². The lowest BCUT2D eigenvalue weighted by Crippen LogP contribution is -2.46. The molecule has 0 atom stereocenters. The number of anilines is 1. The Labute approximate surface area is 167 Å². The third-order valence-electron chi connectivity index (χ3n) is 4.96. The fourth-order valence-corrected chi connectivity index (χ4v) is 3.31. The van der Waals surface area contributed by atoms with Crippen LogP contribution in [0.1, 0.15) is 34.6 Å². The van der Waals surface area contributed by atoms with E-state index in [9.17, 15) is 4.79 Å². The predicted molar refractivity (Wildman–Crippen MR) is 112 cm³/mol. The number of para-hydroxylation sites is 1. The second kappa shape index (κ2) is 9.91. The van der Waals surface area contributed by atoms with Crippen LogP contribution in [0.4, 0.5) is 5.69 Å². The minimum atomic E-state index is -0.421. The molecule has 0 radical (unpaired) electrons. The largest absolute Gasteiger partial charge is 0.464 e. The molecule has 0 N–H and O–H groups in total. The van der Waals surface area contributed by atoms with Gasteiger partial charge in [-0.15, -0.1) is 0 Å². The number of rotatable bonds is 5. The molecule has 0 unspecified atom stereocenters. The van der Waals surface area contributed by atoms with E-state index in [4.69, 9.17) is 4.74 Å². The van der Waals surface area contributed by atoms with Crippen molar-refractivity contribution >= 4 is 11.7 Å². The summed E-state index contributed by atoms with van der Waals surface area (Å²) in [6.07, 6.45) is 1.86. The summed E-state index contributed by atoms with van der Waals surface area (Å²) < 4.78 is 4.76. The summed E-state index contributed by atoms with van der Waals surface area (Å²) in [6, 6.07) is 14.3. The highest BCUT2D eigenvalue weighted by molar-refractivity contribution is 5.88. The SMILES string of the molecule is COC(=O)c1nc(C#CCCCN2CCN(c3ccccc3)CC2)ccc1C. The Morgan fingerprint density at radius 3 is 2.57 bits per heavy atom. The van der Waals surface area contributed by atoms with Crippen LogP contribution in [0.2, 0.25) is 0 Å². The van der Waals surface area contributed by atoms with Gasteiger partial charge in [-0.25, -0.2) is 9.78 Å². The molecule has 0 saturated carbocycles. The first-order valence-corrected chi connectivity index (χ1v) is 9.74. The Balaban J connectivity index is 1.42. The molecule has 1 aliphatic rings. The third kappa shape index (κ3) is 5.34. The molecule has 0 spiro atoms. The highest BCUT2D eigenvalue weighted by Crippen LogP contribution is 2.15. The van der Waals surface area contributed by atoms with E-state index < -0.39 is 5.97 Å². The van der Waals surface area contributed by atoms with Crippen molar-refractivity contribution in [1.29, 1.82) is 0 Å². The first-order valence-electron chi connectivity index (χ1n) is 9.74. The maximum atomic E-state index is 11.7. The quantitative estimate of drug-likeness (QED) is 0.455. The molecule has 28 heavy (non-hydrogen) atoms. The summed E-state index contributed by atoms with van der Waals surface area (Å²) >= 11 is 0. The number of nitrogens with zero attached hydrogens (tertiary/aromatic N) is 3. The Bertz CT molecular complexity index is 847. The average molecular weight is 377 g/mol. The molecule has 1 aromatic carbocycles. The fourth-order valence-electron chi connectivity index (χ4n) is 3.31. The number of benzene rings is 1. The van der Waals surface area contributed by atoms with Crippen molar-refractivity contribution in [3.05, 3.63) is 59.4 Å². The number of pyridine rings is 1. The number of piperazine rings is 1. The van der Waals surface area contributed by atoms with Gasteiger partial charge in [0.05, 0.1) is 7.11 Å². The zero-order valence-corrected chi connectivity index (χ0v) is 16.6. The van der Waals surface area contributed by atoms with E-state index in [2.05, 4.69) is 57.0 Å². The smallest absolute Gasteiger partial charge is 0.356 e. The van der Waals surface area contributed by atoms with E-state index in [0.29, 0.717) is 11.4 Å². The highest BCUT2D eigenvalue weighted by Gasteiger charge is 2.16. The van der Waals surface area contributed by atoms with Gasteiger partial charge in [-0.3, -0.25) is 4.90 Å². The van der Waals surface area contributed by atoms with Crippen molar-refractivity contribution in [1.82, 2.24) is 9.88 Å². The van der Waals surface area contributed by atoms with Gasteiger partial charge >= 0.3 is 5.97 Å². The van der Waals surface area contributed by atoms with Crippen LogP contribution in [0.5, 0.6) is 0 Å². The number of aromatic nitrogens is 1. The molecule has 5 nitrogen and oxygen atoms in total. The number of methoxy groups -OCH3 is 1. The minimum Gasteiger partial charge on any atom is -0.464 e. The number of hydrogen-bond donors (Lipinski definition) is 0. The topological polar surface area (TPSA) is 45.7 Å². The first kappa shape index (κ1) is 19.9. The zero-order chi connectivity index (χ0) is 19.8. The number of carbonyl (C=O) groups excluding carboxylic acids is 1. The third-order valence-corrected chi connectivity index (χ3v) is 4.96. The first-order chi connectivity index (χ1) is 13.7. The van der Waals surface area contributed by atoms with Gasteiger partial charge in [0, 0.05) is 38.3 Å². The maximum absolute atomic E-state index is 11.7. The van der Waals surface area contributed by atoms with Gasteiger partial charge in [-0.05, 0) is 49.6 Å². The van der Waals surface area contributed by atoms with Gasteiger partial charge < -0.3 is 9.64 Å². The molecular weight excluding hydrogens is 350 g/mol. The standard InChI is InChI=1S/C23H27N3O2/c1-19-12-13-20(24-22(19)23(27)28-2)9-5-4-8-14-25-15-17-26(18-16-25)21-10-6-3-7-11-21/h3,6-7,10-13H,4,8,14-18H2,1-2H3. The number of aryl methyl sites for hydroxylation is 1. The second-order valence-electron chi connectivity index (χ2n) is 6.92. The van der Waals surface area contributed by atoms with Crippen LogP contribution < -0.4 is 4.90 Å². The molecule has 146 valence electrons. The van der Waals surface area contributed by atoms with Crippen LogP contribution in [0.25, 0.3) is 0 Å². The summed E-state index contributed by atoms with van der Waals surface area (Å²) in [5.74, 6) is 5.82. The van der Waals surface area contributed by atoms with E-state index in [0.717, 1.165) is 51.1 Å². The second-order valence-corrected chi connectivity index (χ2v) is 6.92. The molecule has 3 rings (SSSR count). The van der Waals surface area contributed by atoms with Crippen molar-refractivity contribution in [2.45, 2.75) is 19.8 Å². The van der Waals surface area contributed by atoms with Crippen LogP contribution in [-0.2, 0) is 4.74 Å². The molecule has 0 bridgehead atoms. The lowest BCUT2D eigenvalue weighted by molar-refractivity contribution is 0.0593. The zero-order valence-electron chi connectivity index (χ0n) is 16.6. The van der Waals surface area contributed by atoms with Gasteiger partial charge in [-0.2, -0.15) is 0 Å². The number of unbranched alkanes of at least 4 members (excludes halogenated alkanes) is 1. The molecule has 2 aromatic rings. The molecule has 0 amide bonds. The molecular formula is C23H27N3O2. The fraction of sp³-hybridized carbons (Fsp3) is 0.391. The normalized spacial score (nSPS) is 14.3. The van der Waals surface area contributed by atoms with Crippen molar-refractivity contribution in [3.63, 3.8) is 0 Å². The van der Waals surface area contributed by atoms with Gasteiger partial charge in [-0.1, -0.05) is 30.2 Å². The molecule has 0 aliphatic carbocycles. The summed E-state index contributed by atoms with van der Waals surface area (Å²) in [7, 11) is 1.36. The van der Waals surface area contributed by atoms with Gasteiger partial charge in [0.15, 0.2) is 5.69 Å². The van der Waals surface area contributed by atoms with E-state index in [1.807, 2.05) is 19.1 Å². The average Bonchev–Trinajstić information content (AvgIpc) is 2.75. The molecule has 5 heteroatoms. The van der Waals surface area contributed by atoms with Gasteiger partial charge in [0.1, 0.15) is 5.69 Å². The van der Waals surface area contributed by atoms with Gasteiger partial charge in [0.2, 0.25) is 0 Å². The maximum Gasteiger partial charge on any atom is 0.356 e. The predicted octanol–water partition coefficient (Wildman–Crippen LogP) is 3.13. The number of esters is 1. The summed E-state index contributed by atoms with van der Waals surface area (Å²) in [5, 5.41) is 0. The lowest BCUT2D eigenvalue weighted by Gasteiger charge is -2.36. The van der Waals surface area contributed by atoms with E-state index in [-0.39, 0.29) is 0 Å². The van der Waals surface area contributed by atoms with Crippen LogP contribution in [0, 0.1) is 18.8 Å². The van der Waals surface area contributed by atoms with E-state index in [1.165, 1.54) is 12.8 Å². The van der Waals surface area contributed by atoms with E-state index in [1.54, 1.807) is 0 Å². The Morgan fingerprint density at radius 2 is 1.86 bits per heavy atom. The van der Waals surface area contributed by atoms with Crippen molar-refractivity contribution in [3.8, 4) is 11.8 Å². The molecule has 1 aliphatic heterocycles. The molecule has 1 aromatic heterocycles. The molecule has 1 fully saturated rings. The minimum absolute atomic E-state index is 0.339. The molecule has 1 saturated heterocycles. The van der Waals surface area contributed by atoms with Crippen molar-refractivity contribution in [2.75, 3.05) is 44.7 Å². The summed E-state index contributed by atoms with van der Waals surface area (Å²) in [4.78, 5) is 21.0. The lowest BCUT2D eigenvalue weighted by atomic mass is 10.2. The monoisotopic (exact) mass is 377 g/mol. The number of ether oxygens (including phenoxy) is 1. The van der Waals surface area contributed by atoms with Crippen molar-refractivity contribution < 1.29 is 9.53 Å². The Morgan fingerprint density at radius 1 is 1.11 bits per heavy atom. The molecule has 2 heterocycles. The summed E-state index contributed by atoms with van der Waals surface area (Å²) in [5.41, 5.74) is 3.06. The highest BCUT2D eigenvalue weighted by atomic mass is 16.5. The Hall–Kier alpha value is -2.84. The number of carbonyl (C=O) groups is 1. The number of hydrogen-bond acceptors (Lipinski definition) is 5.